The van der Waals surface area contributed by atoms with Crippen LogP contribution < -0.4 is 4.72 Å². The topological polar surface area (TPSA) is 79.3 Å². The lowest BCUT2D eigenvalue weighted by molar-refractivity contribution is 0.464. The Morgan fingerprint density at radius 3 is 2.48 bits per heavy atom. The number of anilines is 1. The fraction of sp³-hybridized carbons (Fsp3) is 0. The van der Waals surface area contributed by atoms with Gasteiger partial charge in [-0.1, -0.05) is 23.2 Å². The summed E-state index contributed by atoms with van der Waals surface area (Å²) in [4.78, 5) is 3.65. The number of phenols is 1. The Morgan fingerprint density at radius 2 is 1.78 bits per heavy atom. The molecular formula is C15H10Cl2N2O3S. The third-order valence-electron chi connectivity index (χ3n) is 3.17. The fourth-order valence-corrected chi connectivity index (χ4v) is 3.73. The number of halogens is 2. The Morgan fingerprint density at radius 1 is 1.09 bits per heavy atom. The normalized spacial score (nSPS) is 11.6. The summed E-state index contributed by atoms with van der Waals surface area (Å²) in [7, 11) is -4.04. The van der Waals surface area contributed by atoms with Crippen molar-refractivity contribution in [2.75, 3.05) is 4.72 Å². The Hall–Kier alpha value is -2.02. The first-order valence-corrected chi connectivity index (χ1v) is 8.67. The third-order valence-corrected chi connectivity index (χ3v) is 5.13. The van der Waals surface area contributed by atoms with Crippen LogP contribution in [0, 0.1) is 0 Å². The number of hydrogen-bond acceptors (Lipinski definition) is 4. The summed E-state index contributed by atoms with van der Waals surface area (Å²) >= 11 is 11.9. The van der Waals surface area contributed by atoms with Crippen LogP contribution in [0.1, 0.15) is 0 Å². The number of benzene rings is 2. The van der Waals surface area contributed by atoms with Crippen molar-refractivity contribution in [3.63, 3.8) is 0 Å². The maximum absolute atomic E-state index is 12.5. The monoisotopic (exact) mass is 368 g/mol. The second-order valence-corrected chi connectivity index (χ2v) is 7.21. The van der Waals surface area contributed by atoms with Gasteiger partial charge in [0.25, 0.3) is 10.0 Å². The van der Waals surface area contributed by atoms with E-state index in [1.807, 2.05) is 0 Å². The SMILES string of the molecule is O=S(=O)(Nc1ccc(Cl)cc1)c1cc(Cl)c2cccnc2c1O. The third kappa shape index (κ3) is 3.06. The number of sulfonamides is 1. The molecule has 3 aromatic rings. The summed E-state index contributed by atoms with van der Waals surface area (Å²) in [5.41, 5.74) is 0.433. The van der Waals surface area contributed by atoms with Crippen LogP contribution in [0.3, 0.4) is 0 Å². The molecule has 2 N–H and O–H groups in total. The number of fused-ring (bicyclic) bond motifs is 1. The summed E-state index contributed by atoms with van der Waals surface area (Å²) < 4.78 is 27.4. The van der Waals surface area contributed by atoms with Gasteiger partial charge in [-0.2, -0.15) is 0 Å². The van der Waals surface area contributed by atoms with Crippen molar-refractivity contribution < 1.29 is 13.5 Å². The minimum atomic E-state index is -4.04. The number of pyridine rings is 1. The molecule has 3 rings (SSSR count). The lowest BCUT2D eigenvalue weighted by atomic mass is 10.2. The van der Waals surface area contributed by atoms with Crippen molar-refractivity contribution in [1.29, 1.82) is 0 Å². The summed E-state index contributed by atoms with van der Waals surface area (Å²) in [5.74, 6) is -0.452. The molecular weight excluding hydrogens is 359 g/mol. The predicted octanol–water partition coefficient (Wildman–Crippen LogP) is 4.05. The Kier molecular flexibility index (Phi) is 4.06. The molecule has 0 spiro atoms. The predicted molar refractivity (Wildman–Crippen MR) is 90.7 cm³/mol. The van der Waals surface area contributed by atoms with Crippen LogP contribution in [-0.4, -0.2) is 18.5 Å². The van der Waals surface area contributed by atoms with Crippen molar-refractivity contribution in [2.45, 2.75) is 4.90 Å². The molecule has 0 fully saturated rings. The van der Waals surface area contributed by atoms with Gasteiger partial charge in [0.15, 0.2) is 5.75 Å². The first-order chi connectivity index (χ1) is 10.9. The van der Waals surface area contributed by atoms with Gasteiger partial charge in [0.05, 0.1) is 5.02 Å². The van der Waals surface area contributed by atoms with E-state index in [-0.39, 0.29) is 15.4 Å². The first kappa shape index (κ1) is 15.9. The minimum absolute atomic E-state index is 0.122. The average molecular weight is 369 g/mol. The van der Waals surface area contributed by atoms with E-state index in [4.69, 9.17) is 23.2 Å². The van der Waals surface area contributed by atoms with Crippen LogP contribution in [0.5, 0.6) is 5.75 Å². The van der Waals surface area contributed by atoms with Gasteiger partial charge in [-0.3, -0.25) is 9.71 Å². The van der Waals surface area contributed by atoms with E-state index in [0.29, 0.717) is 16.1 Å². The zero-order chi connectivity index (χ0) is 16.6. The van der Waals surface area contributed by atoms with Crippen LogP contribution >= 0.6 is 23.2 Å². The molecule has 1 aromatic heterocycles. The number of hydrogen-bond donors (Lipinski definition) is 2. The highest BCUT2D eigenvalue weighted by atomic mass is 35.5. The molecule has 0 unspecified atom stereocenters. The molecule has 0 amide bonds. The van der Waals surface area contributed by atoms with E-state index >= 15 is 0 Å². The molecule has 0 saturated carbocycles. The van der Waals surface area contributed by atoms with E-state index in [9.17, 15) is 13.5 Å². The van der Waals surface area contributed by atoms with Gasteiger partial charge >= 0.3 is 0 Å². The molecule has 0 atom stereocenters. The molecule has 1 heterocycles. The molecule has 0 aliphatic heterocycles. The van der Waals surface area contributed by atoms with Crippen LogP contribution in [0.2, 0.25) is 10.0 Å². The standard InChI is InChI=1S/C15H10Cl2N2O3S/c16-9-3-5-10(6-4-9)19-23(21,22)13-8-12(17)11-2-1-7-18-14(11)15(13)20/h1-8,19-20H. The molecule has 0 aliphatic carbocycles. The quantitative estimate of drug-likeness (QED) is 0.730. The van der Waals surface area contributed by atoms with Crippen LogP contribution in [0.4, 0.5) is 5.69 Å². The van der Waals surface area contributed by atoms with Gasteiger partial charge in [-0.15, -0.1) is 0 Å². The molecule has 23 heavy (non-hydrogen) atoms. The molecule has 0 saturated heterocycles. The molecule has 8 heteroatoms. The van der Waals surface area contributed by atoms with Crippen molar-refractivity contribution in [2.24, 2.45) is 0 Å². The Balaban J connectivity index is 2.11. The molecule has 5 nitrogen and oxygen atoms in total. The smallest absolute Gasteiger partial charge is 0.265 e. The van der Waals surface area contributed by atoms with Gasteiger partial charge in [0, 0.05) is 22.3 Å². The van der Waals surface area contributed by atoms with Crippen molar-refractivity contribution in [1.82, 2.24) is 4.98 Å². The second-order valence-electron chi connectivity index (χ2n) is 4.72. The number of phenolic OH excluding ortho intramolecular Hbond substituents is 1. The largest absolute Gasteiger partial charge is 0.504 e. The second kappa shape index (κ2) is 5.88. The van der Waals surface area contributed by atoms with E-state index in [2.05, 4.69) is 9.71 Å². The van der Waals surface area contributed by atoms with Crippen molar-refractivity contribution in [3.8, 4) is 5.75 Å². The fourth-order valence-electron chi connectivity index (χ4n) is 2.10. The Bertz CT molecular complexity index is 990. The summed E-state index contributed by atoms with van der Waals surface area (Å²) in [6, 6.07) is 10.6. The van der Waals surface area contributed by atoms with E-state index in [0.717, 1.165) is 0 Å². The molecule has 0 bridgehead atoms. The van der Waals surface area contributed by atoms with E-state index in [1.165, 1.54) is 24.4 Å². The molecule has 118 valence electrons. The lowest BCUT2D eigenvalue weighted by Crippen LogP contribution is -2.13. The maximum atomic E-state index is 12.5. The zero-order valence-corrected chi connectivity index (χ0v) is 13.8. The number of aromatic hydroxyl groups is 1. The summed E-state index contributed by atoms with van der Waals surface area (Å²) in [6.45, 7) is 0. The van der Waals surface area contributed by atoms with E-state index < -0.39 is 15.8 Å². The van der Waals surface area contributed by atoms with Gasteiger partial charge in [0.2, 0.25) is 0 Å². The average Bonchev–Trinajstić information content (AvgIpc) is 2.53. The zero-order valence-electron chi connectivity index (χ0n) is 11.5. The number of rotatable bonds is 3. The summed E-state index contributed by atoms with van der Waals surface area (Å²) in [6.07, 6.45) is 1.45. The van der Waals surface area contributed by atoms with Crippen LogP contribution in [0.15, 0.2) is 53.6 Å². The van der Waals surface area contributed by atoms with Gasteiger partial charge in [-0.05, 0) is 42.5 Å². The van der Waals surface area contributed by atoms with Crippen LogP contribution in [-0.2, 0) is 10.0 Å². The highest BCUT2D eigenvalue weighted by Gasteiger charge is 2.23. The van der Waals surface area contributed by atoms with E-state index in [1.54, 1.807) is 24.3 Å². The van der Waals surface area contributed by atoms with Crippen LogP contribution in [0.25, 0.3) is 10.9 Å². The minimum Gasteiger partial charge on any atom is -0.504 e. The van der Waals surface area contributed by atoms with Crippen molar-refractivity contribution >= 4 is 49.8 Å². The lowest BCUT2D eigenvalue weighted by Gasteiger charge is -2.12. The highest BCUT2D eigenvalue weighted by Crippen LogP contribution is 2.36. The number of nitrogens with zero attached hydrogens (tertiary/aromatic N) is 1. The summed E-state index contributed by atoms with van der Waals surface area (Å²) in [5, 5.41) is 11.4. The first-order valence-electron chi connectivity index (χ1n) is 6.43. The van der Waals surface area contributed by atoms with Gasteiger partial charge < -0.3 is 5.11 Å². The Labute approximate surface area is 142 Å². The molecule has 0 aliphatic rings. The van der Waals surface area contributed by atoms with Gasteiger partial charge in [0.1, 0.15) is 10.4 Å². The van der Waals surface area contributed by atoms with Gasteiger partial charge in [-0.25, -0.2) is 8.42 Å². The number of aromatic nitrogens is 1. The number of nitrogens with one attached hydrogen (secondary N) is 1. The molecule has 0 radical (unpaired) electrons. The molecule has 2 aromatic carbocycles. The maximum Gasteiger partial charge on any atom is 0.265 e. The highest BCUT2D eigenvalue weighted by molar-refractivity contribution is 7.92. The van der Waals surface area contributed by atoms with Crippen molar-refractivity contribution in [3.05, 3.63) is 58.7 Å².